The van der Waals surface area contributed by atoms with Crippen molar-refractivity contribution in [2.45, 2.75) is 13.0 Å². The fraction of sp³-hybridized carbons (Fsp3) is 0.200. The molecule has 2 aromatic carbocycles. The van der Waals surface area contributed by atoms with Crippen LogP contribution in [0, 0.1) is 10.1 Å². The number of benzene rings is 2. The third-order valence-corrected chi connectivity index (χ3v) is 4.75. The van der Waals surface area contributed by atoms with Crippen molar-refractivity contribution in [3.8, 4) is 5.69 Å². The molecule has 0 saturated carbocycles. The number of nitrogens with one attached hydrogen (secondary N) is 1. The van der Waals surface area contributed by atoms with Crippen molar-refractivity contribution in [1.82, 2.24) is 25.0 Å². The molecule has 10 heteroatoms. The van der Waals surface area contributed by atoms with Crippen LogP contribution >= 0.6 is 0 Å². The number of nitro groups is 1. The van der Waals surface area contributed by atoms with Crippen molar-refractivity contribution < 1.29 is 14.5 Å². The van der Waals surface area contributed by atoms with Gasteiger partial charge >= 0.3 is 0 Å². The lowest BCUT2D eigenvalue weighted by molar-refractivity contribution is -0.384. The Hall–Kier alpha value is -4.08. The number of nitro benzene ring substituents is 1. The normalized spacial score (nSPS) is 11.5. The maximum atomic E-state index is 12.5. The Morgan fingerprint density at radius 1 is 1.23 bits per heavy atom. The SMILES string of the molecule is C[C@@H](c1ccc(-n2cncn2)cc1)N(C)C(=O)CNC(=O)c1cccc([N+](=O)[O-])c1. The Morgan fingerprint density at radius 3 is 2.60 bits per heavy atom. The molecule has 1 heterocycles. The van der Waals surface area contributed by atoms with Crippen molar-refractivity contribution >= 4 is 17.5 Å². The highest BCUT2D eigenvalue weighted by molar-refractivity contribution is 5.97. The third kappa shape index (κ3) is 4.66. The van der Waals surface area contributed by atoms with Crippen molar-refractivity contribution in [2.24, 2.45) is 0 Å². The molecule has 0 aliphatic heterocycles. The van der Waals surface area contributed by atoms with E-state index in [-0.39, 0.29) is 29.7 Å². The van der Waals surface area contributed by atoms with Gasteiger partial charge in [0.15, 0.2) is 0 Å². The van der Waals surface area contributed by atoms with Crippen LogP contribution < -0.4 is 5.32 Å². The van der Waals surface area contributed by atoms with Gasteiger partial charge in [0.2, 0.25) is 5.91 Å². The average molecular weight is 408 g/mol. The van der Waals surface area contributed by atoms with Crippen molar-refractivity contribution in [3.63, 3.8) is 0 Å². The summed E-state index contributed by atoms with van der Waals surface area (Å²) in [6.07, 6.45) is 3.04. The molecule has 0 bridgehead atoms. The molecule has 0 radical (unpaired) electrons. The minimum absolute atomic E-state index is 0.122. The Balaban J connectivity index is 1.59. The molecular formula is C20H20N6O4. The van der Waals surface area contributed by atoms with E-state index < -0.39 is 10.8 Å². The number of carbonyl (C=O) groups is 2. The maximum Gasteiger partial charge on any atom is 0.270 e. The number of rotatable bonds is 7. The Bertz CT molecular complexity index is 1050. The predicted octanol–water partition coefficient (Wildman–Crippen LogP) is 2.12. The van der Waals surface area contributed by atoms with Gasteiger partial charge in [-0.05, 0) is 30.7 Å². The van der Waals surface area contributed by atoms with Gasteiger partial charge in [-0.1, -0.05) is 18.2 Å². The highest BCUT2D eigenvalue weighted by atomic mass is 16.6. The van der Waals surface area contributed by atoms with Crippen LogP contribution in [0.5, 0.6) is 0 Å². The molecule has 154 valence electrons. The third-order valence-electron chi connectivity index (χ3n) is 4.75. The summed E-state index contributed by atoms with van der Waals surface area (Å²) in [4.78, 5) is 40.4. The first-order valence-electron chi connectivity index (χ1n) is 9.10. The summed E-state index contributed by atoms with van der Waals surface area (Å²) in [5.41, 5.74) is 1.70. The second kappa shape index (κ2) is 8.95. The molecule has 0 unspecified atom stereocenters. The molecular weight excluding hydrogens is 388 g/mol. The zero-order valence-electron chi connectivity index (χ0n) is 16.4. The van der Waals surface area contributed by atoms with Crippen molar-refractivity contribution in [1.29, 1.82) is 0 Å². The van der Waals surface area contributed by atoms with Gasteiger partial charge < -0.3 is 10.2 Å². The van der Waals surface area contributed by atoms with Crippen LogP contribution in [0.25, 0.3) is 5.69 Å². The molecule has 0 aliphatic carbocycles. The minimum atomic E-state index is -0.578. The van der Waals surface area contributed by atoms with E-state index in [1.807, 2.05) is 31.2 Å². The van der Waals surface area contributed by atoms with E-state index in [4.69, 9.17) is 0 Å². The van der Waals surface area contributed by atoms with Crippen molar-refractivity contribution in [2.75, 3.05) is 13.6 Å². The fourth-order valence-corrected chi connectivity index (χ4v) is 2.83. The first-order chi connectivity index (χ1) is 14.4. The lowest BCUT2D eigenvalue weighted by Gasteiger charge is -2.25. The zero-order valence-corrected chi connectivity index (χ0v) is 16.4. The summed E-state index contributed by atoms with van der Waals surface area (Å²) >= 11 is 0. The summed E-state index contributed by atoms with van der Waals surface area (Å²) in [7, 11) is 1.65. The van der Waals surface area contributed by atoms with Gasteiger partial charge in [0.1, 0.15) is 12.7 Å². The van der Waals surface area contributed by atoms with Gasteiger partial charge in [0.25, 0.3) is 11.6 Å². The van der Waals surface area contributed by atoms with Crippen LogP contribution in [0.15, 0.2) is 61.2 Å². The summed E-state index contributed by atoms with van der Waals surface area (Å²) in [5.74, 6) is -0.841. The molecule has 3 aromatic rings. The van der Waals surface area contributed by atoms with Crippen LogP contribution in [-0.4, -0.2) is 50.0 Å². The van der Waals surface area contributed by atoms with E-state index >= 15 is 0 Å². The topological polar surface area (TPSA) is 123 Å². The number of aromatic nitrogens is 3. The summed E-state index contributed by atoms with van der Waals surface area (Å²) < 4.78 is 1.63. The number of hydrogen-bond donors (Lipinski definition) is 1. The number of nitrogens with zero attached hydrogens (tertiary/aromatic N) is 5. The zero-order chi connectivity index (χ0) is 21.7. The number of likely N-dealkylation sites (N-methyl/N-ethyl adjacent to an activating group) is 1. The van der Waals surface area contributed by atoms with Crippen molar-refractivity contribution in [3.05, 3.63) is 82.4 Å². The van der Waals surface area contributed by atoms with E-state index in [2.05, 4.69) is 15.4 Å². The molecule has 2 amide bonds. The molecule has 1 atom stereocenters. The minimum Gasteiger partial charge on any atom is -0.343 e. The Kier molecular flexibility index (Phi) is 6.16. The number of amides is 2. The quantitative estimate of drug-likeness (QED) is 0.472. The van der Waals surface area contributed by atoms with Crippen LogP contribution in [0.3, 0.4) is 0 Å². The molecule has 30 heavy (non-hydrogen) atoms. The number of hydrogen-bond acceptors (Lipinski definition) is 6. The second-order valence-electron chi connectivity index (χ2n) is 6.60. The molecule has 1 N–H and O–H groups in total. The molecule has 0 saturated heterocycles. The van der Waals surface area contributed by atoms with Gasteiger partial charge in [-0.3, -0.25) is 19.7 Å². The van der Waals surface area contributed by atoms with E-state index in [9.17, 15) is 19.7 Å². The largest absolute Gasteiger partial charge is 0.343 e. The molecule has 0 spiro atoms. The molecule has 0 aliphatic rings. The van der Waals surface area contributed by atoms with E-state index in [0.717, 1.165) is 11.3 Å². The predicted molar refractivity (Wildman–Crippen MR) is 108 cm³/mol. The lowest BCUT2D eigenvalue weighted by atomic mass is 10.1. The van der Waals surface area contributed by atoms with Crippen LogP contribution in [0.1, 0.15) is 28.9 Å². The lowest BCUT2D eigenvalue weighted by Crippen LogP contribution is -2.39. The maximum absolute atomic E-state index is 12.5. The van der Waals surface area contributed by atoms with E-state index in [1.165, 1.54) is 35.5 Å². The Morgan fingerprint density at radius 2 is 1.97 bits per heavy atom. The van der Waals surface area contributed by atoms with Crippen LogP contribution in [0.4, 0.5) is 5.69 Å². The monoisotopic (exact) mass is 408 g/mol. The number of non-ortho nitro benzene ring substituents is 1. The first kappa shape index (κ1) is 20.6. The molecule has 0 fully saturated rings. The standard InChI is InChI=1S/C20H20N6O4/c1-14(15-6-8-17(9-7-15)25-13-21-12-23-25)24(2)19(27)11-22-20(28)16-4-3-5-18(10-16)26(29)30/h3-10,12-14H,11H2,1-2H3,(H,22,28)/t14-/m0/s1. The second-order valence-corrected chi connectivity index (χ2v) is 6.60. The highest BCUT2D eigenvalue weighted by Gasteiger charge is 2.19. The van der Waals surface area contributed by atoms with Gasteiger partial charge in [-0.25, -0.2) is 9.67 Å². The summed E-state index contributed by atoms with van der Waals surface area (Å²) in [6, 6.07) is 12.7. The van der Waals surface area contributed by atoms with E-state index in [1.54, 1.807) is 18.1 Å². The summed E-state index contributed by atoms with van der Waals surface area (Å²) in [5, 5.41) is 17.4. The molecule has 1 aromatic heterocycles. The smallest absolute Gasteiger partial charge is 0.270 e. The van der Waals surface area contributed by atoms with Gasteiger partial charge in [0, 0.05) is 24.7 Å². The Labute approximate surface area is 172 Å². The van der Waals surface area contributed by atoms with Gasteiger partial charge in [-0.15, -0.1) is 0 Å². The first-order valence-corrected chi connectivity index (χ1v) is 9.10. The number of carbonyl (C=O) groups excluding carboxylic acids is 2. The van der Waals surface area contributed by atoms with Gasteiger partial charge in [0.05, 0.1) is 23.2 Å². The summed E-state index contributed by atoms with van der Waals surface area (Å²) in [6.45, 7) is 1.66. The average Bonchev–Trinajstić information content (AvgIpc) is 3.31. The highest BCUT2D eigenvalue weighted by Crippen LogP contribution is 2.20. The molecule has 10 nitrogen and oxygen atoms in total. The molecule has 3 rings (SSSR count). The fourth-order valence-electron chi connectivity index (χ4n) is 2.83. The van der Waals surface area contributed by atoms with E-state index in [0.29, 0.717) is 0 Å². The van der Waals surface area contributed by atoms with Crippen LogP contribution in [-0.2, 0) is 4.79 Å². The van der Waals surface area contributed by atoms with Gasteiger partial charge in [-0.2, -0.15) is 5.10 Å². The van der Waals surface area contributed by atoms with Crippen LogP contribution in [0.2, 0.25) is 0 Å².